The second kappa shape index (κ2) is 6.48. The van der Waals surface area contributed by atoms with Gasteiger partial charge in [-0.15, -0.1) is 0 Å². The molecule has 1 amide bonds. The van der Waals surface area contributed by atoms with Crippen LogP contribution in [0, 0.1) is 0 Å². The molecule has 1 heterocycles. The highest BCUT2D eigenvalue weighted by atomic mass is 16.6. The highest BCUT2D eigenvalue weighted by Gasteiger charge is 2.27. The van der Waals surface area contributed by atoms with E-state index in [0.717, 1.165) is 12.8 Å². The number of carbonyl (C=O) groups excluding carboxylic acids is 2. The number of rotatable bonds is 4. The van der Waals surface area contributed by atoms with Crippen LogP contribution in [-0.4, -0.2) is 49.2 Å². The average molecular weight is 229 g/mol. The van der Waals surface area contributed by atoms with Gasteiger partial charge in [-0.25, -0.2) is 4.79 Å². The van der Waals surface area contributed by atoms with Gasteiger partial charge in [-0.3, -0.25) is 4.79 Å². The van der Waals surface area contributed by atoms with Gasteiger partial charge in [-0.1, -0.05) is 13.3 Å². The van der Waals surface area contributed by atoms with Crippen LogP contribution in [-0.2, 0) is 14.3 Å². The van der Waals surface area contributed by atoms with Crippen molar-refractivity contribution in [1.29, 1.82) is 0 Å². The maximum Gasteiger partial charge on any atom is 0.409 e. The van der Waals surface area contributed by atoms with Crippen LogP contribution in [0.4, 0.5) is 4.79 Å². The lowest BCUT2D eigenvalue weighted by atomic mass is 10.2. The first kappa shape index (κ1) is 13.0. The molecule has 0 saturated carbocycles. The molecule has 16 heavy (non-hydrogen) atoms. The number of unbranched alkanes of at least 4 members (excludes halogenated alkanes) is 1. The summed E-state index contributed by atoms with van der Waals surface area (Å²) in [5, 5.41) is 0. The highest BCUT2D eigenvalue weighted by Crippen LogP contribution is 2.08. The van der Waals surface area contributed by atoms with Crippen LogP contribution in [0.25, 0.3) is 0 Å². The van der Waals surface area contributed by atoms with Crippen LogP contribution >= 0.6 is 0 Å². The number of nitrogens with zero attached hydrogens (tertiary/aromatic N) is 1. The quantitative estimate of drug-likeness (QED) is 0.680. The number of hydrogen-bond donors (Lipinski definition) is 0. The van der Waals surface area contributed by atoms with Crippen molar-refractivity contribution in [2.75, 3.05) is 26.3 Å². The van der Waals surface area contributed by atoms with Crippen molar-refractivity contribution < 1.29 is 19.1 Å². The lowest BCUT2D eigenvalue weighted by molar-refractivity contribution is -0.133. The molecule has 92 valence electrons. The number of morpholine rings is 1. The molecule has 1 rings (SSSR count). The molecule has 0 aliphatic carbocycles. The van der Waals surface area contributed by atoms with E-state index in [9.17, 15) is 9.59 Å². The lowest BCUT2D eigenvalue weighted by Gasteiger charge is -2.30. The Morgan fingerprint density at radius 3 is 2.88 bits per heavy atom. The minimum Gasteiger partial charge on any atom is -0.449 e. The normalized spacial score (nSPS) is 20.6. The predicted molar refractivity (Wildman–Crippen MR) is 58.3 cm³/mol. The summed E-state index contributed by atoms with van der Waals surface area (Å²) >= 11 is 0. The Balaban J connectivity index is 2.35. The molecule has 0 spiro atoms. The minimum absolute atomic E-state index is 0.0499. The molecule has 0 N–H and O–H groups in total. The van der Waals surface area contributed by atoms with Gasteiger partial charge in [0.2, 0.25) is 0 Å². The van der Waals surface area contributed by atoms with Crippen LogP contribution in [0.15, 0.2) is 0 Å². The third-order valence-electron chi connectivity index (χ3n) is 2.50. The van der Waals surface area contributed by atoms with Crippen molar-refractivity contribution in [3.05, 3.63) is 0 Å². The van der Waals surface area contributed by atoms with E-state index >= 15 is 0 Å². The predicted octanol–water partition coefficient (Wildman–Crippen LogP) is 1.21. The Labute approximate surface area is 95.7 Å². The summed E-state index contributed by atoms with van der Waals surface area (Å²) < 4.78 is 10.3. The molecule has 1 fully saturated rings. The van der Waals surface area contributed by atoms with E-state index in [1.165, 1.54) is 11.8 Å². The largest absolute Gasteiger partial charge is 0.449 e. The Morgan fingerprint density at radius 2 is 2.25 bits per heavy atom. The first-order valence-corrected chi connectivity index (χ1v) is 5.69. The summed E-state index contributed by atoms with van der Waals surface area (Å²) in [4.78, 5) is 24.2. The fourth-order valence-corrected chi connectivity index (χ4v) is 1.46. The number of Topliss-reactive ketones (excluding diaryl/α,β-unsaturated/α-hetero) is 1. The molecule has 0 bridgehead atoms. The standard InChI is InChI=1S/C11H19NO4/c1-3-4-6-16-11(14)12-5-7-15-10(8-12)9(2)13/h10H,3-8H2,1-2H3. The van der Waals surface area contributed by atoms with Crippen LogP contribution in [0.5, 0.6) is 0 Å². The van der Waals surface area contributed by atoms with Gasteiger partial charge >= 0.3 is 6.09 Å². The molecule has 5 heteroatoms. The molecule has 5 nitrogen and oxygen atoms in total. The number of hydrogen-bond acceptors (Lipinski definition) is 4. The first-order valence-electron chi connectivity index (χ1n) is 5.69. The van der Waals surface area contributed by atoms with Gasteiger partial charge in [0.25, 0.3) is 0 Å². The second-order valence-electron chi connectivity index (χ2n) is 3.88. The Kier molecular flexibility index (Phi) is 5.25. The van der Waals surface area contributed by atoms with E-state index in [1.54, 1.807) is 0 Å². The van der Waals surface area contributed by atoms with Gasteiger partial charge in [0, 0.05) is 6.54 Å². The number of ketones is 1. The summed E-state index contributed by atoms with van der Waals surface area (Å²) in [5.74, 6) is -0.0499. The van der Waals surface area contributed by atoms with Crippen molar-refractivity contribution in [3.63, 3.8) is 0 Å². The van der Waals surface area contributed by atoms with Gasteiger partial charge in [0.15, 0.2) is 5.78 Å². The van der Waals surface area contributed by atoms with E-state index in [0.29, 0.717) is 26.3 Å². The third kappa shape index (κ3) is 3.81. The lowest BCUT2D eigenvalue weighted by Crippen LogP contribution is -2.48. The summed E-state index contributed by atoms with van der Waals surface area (Å²) in [6.07, 6.45) is 1.02. The summed E-state index contributed by atoms with van der Waals surface area (Å²) in [6.45, 7) is 5.14. The van der Waals surface area contributed by atoms with Crippen LogP contribution in [0.3, 0.4) is 0 Å². The maximum absolute atomic E-state index is 11.6. The highest BCUT2D eigenvalue weighted by molar-refractivity contribution is 5.81. The molecule has 0 radical (unpaired) electrons. The van der Waals surface area contributed by atoms with Gasteiger partial charge in [-0.2, -0.15) is 0 Å². The van der Waals surface area contributed by atoms with Gasteiger partial charge in [-0.05, 0) is 13.3 Å². The van der Waals surface area contributed by atoms with Crippen molar-refractivity contribution in [3.8, 4) is 0 Å². The Hall–Kier alpha value is -1.10. The molecule has 1 aliphatic rings. The molecule has 0 aromatic heterocycles. The molecule has 1 atom stereocenters. The van der Waals surface area contributed by atoms with E-state index < -0.39 is 6.10 Å². The molecule has 0 aromatic rings. The van der Waals surface area contributed by atoms with Crippen LogP contribution in [0.1, 0.15) is 26.7 Å². The Bertz CT molecular complexity index is 254. The molecular weight excluding hydrogens is 210 g/mol. The minimum atomic E-state index is -0.493. The SMILES string of the molecule is CCCCOC(=O)N1CCOC(C(C)=O)C1. The maximum atomic E-state index is 11.6. The number of carbonyl (C=O) groups is 2. The molecule has 1 unspecified atom stereocenters. The van der Waals surface area contributed by atoms with E-state index in [2.05, 4.69) is 0 Å². The third-order valence-corrected chi connectivity index (χ3v) is 2.50. The van der Waals surface area contributed by atoms with E-state index in [4.69, 9.17) is 9.47 Å². The zero-order valence-electron chi connectivity index (χ0n) is 9.90. The van der Waals surface area contributed by atoms with Crippen LogP contribution in [0.2, 0.25) is 0 Å². The molecular formula is C11H19NO4. The van der Waals surface area contributed by atoms with Crippen molar-refractivity contribution >= 4 is 11.9 Å². The van der Waals surface area contributed by atoms with E-state index in [1.807, 2.05) is 6.92 Å². The van der Waals surface area contributed by atoms with E-state index in [-0.39, 0.29) is 11.9 Å². The molecule has 0 aromatic carbocycles. The average Bonchev–Trinajstić information content (AvgIpc) is 2.29. The molecule has 1 aliphatic heterocycles. The Morgan fingerprint density at radius 1 is 1.50 bits per heavy atom. The van der Waals surface area contributed by atoms with Gasteiger partial charge in [0.1, 0.15) is 6.10 Å². The number of ether oxygens (including phenoxy) is 2. The smallest absolute Gasteiger partial charge is 0.409 e. The van der Waals surface area contributed by atoms with Crippen molar-refractivity contribution in [2.24, 2.45) is 0 Å². The van der Waals surface area contributed by atoms with Crippen molar-refractivity contribution in [1.82, 2.24) is 4.90 Å². The summed E-state index contributed by atoms with van der Waals surface area (Å²) in [5.41, 5.74) is 0. The topological polar surface area (TPSA) is 55.8 Å². The van der Waals surface area contributed by atoms with Crippen LogP contribution < -0.4 is 0 Å². The summed E-state index contributed by atoms with van der Waals surface area (Å²) in [6, 6.07) is 0. The fourth-order valence-electron chi connectivity index (χ4n) is 1.46. The fraction of sp³-hybridized carbons (Fsp3) is 0.818. The van der Waals surface area contributed by atoms with Crippen molar-refractivity contribution in [2.45, 2.75) is 32.8 Å². The monoisotopic (exact) mass is 229 g/mol. The second-order valence-corrected chi connectivity index (χ2v) is 3.88. The zero-order valence-corrected chi connectivity index (χ0v) is 9.90. The summed E-state index contributed by atoms with van der Waals surface area (Å²) in [7, 11) is 0. The first-order chi connectivity index (χ1) is 7.65. The van der Waals surface area contributed by atoms with Gasteiger partial charge in [0.05, 0.1) is 19.8 Å². The zero-order chi connectivity index (χ0) is 12.0. The number of amides is 1. The van der Waals surface area contributed by atoms with Gasteiger partial charge < -0.3 is 14.4 Å². The molecule has 1 saturated heterocycles.